The van der Waals surface area contributed by atoms with Crippen LogP contribution >= 0.6 is 11.6 Å². The highest BCUT2D eigenvalue weighted by Gasteiger charge is 2.46. The Bertz CT molecular complexity index is 980. The van der Waals surface area contributed by atoms with Crippen LogP contribution in [0, 0.1) is 17.8 Å². The number of aliphatic hydroxyl groups excluding tert-OH is 1. The van der Waals surface area contributed by atoms with Crippen LogP contribution in [-0.4, -0.2) is 10.9 Å². The van der Waals surface area contributed by atoms with Crippen LogP contribution in [0.1, 0.15) is 57.7 Å². The number of benzene rings is 2. The second-order valence-electron chi connectivity index (χ2n) is 9.18. The molecule has 2 nitrogen and oxygen atoms in total. The zero-order valence-electron chi connectivity index (χ0n) is 17.6. The Hall–Kier alpha value is -2.06. The van der Waals surface area contributed by atoms with Gasteiger partial charge in [0.15, 0.2) is 5.78 Å². The molecule has 28 heavy (non-hydrogen) atoms. The van der Waals surface area contributed by atoms with Crippen LogP contribution in [0.2, 0.25) is 5.02 Å². The van der Waals surface area contributed by atoms with E-state index >= 15 is 0 Å². The van der Waals surface area contributed by atoms with E-state index in [0.717, 1.165) is 34.2 Å². The fourth-order valence-electron chi connectivity index (χ4n) is 4.54. The van der Waals surface area contributed by atoms with E-state index in [1.807, 2.05) is 52.8 Å². The molecule has 0 fully saturated rings. The van der Waals surface area contributed by atoms with Gasteiger partial charge in [0.1, 0.15) is 5.76 Å². The van der Waals surface area contributed by atoms with Gasteiger partial charge in [0.2, 0.25) is 0 Å². The maximum absolute atomic E-state index is 13.3. The minimum absolute atomic E-state index is 0.0176. The third-order valence-electron chi connectivity index (χ3n) is 5.86. The van der Waals surface area contributed by atoms with E-state index in [1.54, 1.807) is 0 Å². The summed E-state index contributed by atoms with van der Waals surface area (Å²) in [5.41, 5.74) is 4.62. The van der Waals surface area contributed by atoms with Crippen LogP contribution in [0.15, 0.2) is 42.2 Å². The van der Waals surface area contributed by atoms with E-state index < -0.39 is 10.8 Å². The van der Waals surface area contributed by atoms with Gasteiger partial charge >= 0.3 is 0 Å². The molecule has 3 heteroatoms. The summed E-state index contributed by atoms with van der Waals surface area (Å²) in [6.45, 7) is 12.1. The summed E-state index contributed by atoms with van der Waals surface area (Å²) < 4.78 is 0. The number of halogens is 1. The number of Topliss-reactive ketones (excluding diaryl/α,β-unsaturated/α-hetero) is 1. The van der Waals surface area contributed by atoms with E-state index in [9.17, 15) is 9.90 Å². The SMILES string of the molecule is CCc1ccc(-c2ccc(Cl)cc2C)cc1C1=C(O)C(C)(C)CC(C)(C)C1=O. The number of ketones is 1. The first kappa shape index (κ1) is 20.7. The Morgan fingerprint density at radius 2 is 1.68 bits per heavy atom. The summed E-state index contributed by atoms with van der Waals surface area (Å²) in [4.78, 5) is 13.3. The topological polar surface area (TPSA) is 37.3 Å². The highest BCUT2D eigenvalue weighted by molar-refractivity contribution is 6.30. The second kappa shape index (κ2) is 7.08. The first-order chi connectivity index (χ1) is 13.0. The maximum atomic E-state index is 13.3. The molecule has 0 saturated carbocycles. The van der Waals surface area contributed by atoms with Crippen LogP contribution in [0.25, 0.3) is 16.7 Å². The summed E-state index contributed by atoms with van der Waals surface area (Å²) in [6.07, 6.45) is 1.42. The van der Waals surface area contributed by atoms with Gasteiger partial charge in [0.25, 0.3) is 0 Å². The third kappa shape index (κ3) is 3.51. The average molecular weight is 397 g/mol. The van der Waals surface area contributed by atoms with Gasteiger partial charge in [-0.05, 0) is 65.8 Å². The van der Waals surface area contributed by atoms with Crippen molar-refractivity contribution in [2.45, 2.75) is 54.4 Å². The number of carbonyl (C=O) groups is 1. The number of rotatable bonds is 3. The average Bonchev–Trinajstić information content (AvgIpc) is 2.60. The van der Waals surface area contributed by atoms with Gasteiger partial charge in [-0.15, -0.1) is 0 Å². The van der Waals surface area contributed by atoms with Crippen molar-refractivity contribution in [2.24, 2.45) is 10.8 Å². The van der Waals surface area contributed by atoms with Gasteiger partial charge in [0, 0.05) is 15.9 Å². The van der Waals surface area contributed by atoms with Crippen molar-refractivity contribution in [1.82, 2.24) is 0 Å². The van der Waals surface area contributed by atoms with Crippen molar-refractivity contribution < 1.29 is 9.90 Å². The summed E-state index contributed by atoms with van der Waals surface area (Å²) in [5, 5.41) is 11.8. The fraction of sp³-hybridized carbons (Fsp3) is 0.400. The molecule has 1 aliphatic rings. The zero-order chi connectivity index (χ0) is 20.9. The molecular weight excluding hydrogens is 368 g/mol. The van der Waals surface area contributed by atoms with E-state index in [0.29, 0.717) is 17.0 Å². The molecule has 0 spiro atoms. The predicted molar refractivity (Wildman–Crippen MR) is 118 cm³/mol. The Kier molecular flexibility index (Phi) is 5.22. The number of aryl methyl sites for hydroxylation is 2. The van der Waals surface area contributed by atoms with Gasteiger partial charge in [-0.3, -0.25) is 4.79 Å². The van der Waals surface area contributed by atoms with Gasteiger partial charge in [-0.1, -0.05) is 64.4 Å². The zero-order valence-corrected chi connectivity index (χ0v) is 18.4. The molecule has 0 aromatic heterocycles. The monoisotopic (exact) mass is 396 g/mol. The molecule has 2 aromatic carbocycles. The number of hydrogen-bond donors (Lipinski definition) is 1. The first-order valence-corrected chi connectivity index (χ1v) is 10.2. The maximum Gasteiger partial charge on any atom is 0.172 e. The molecule has 0 unspecified atom stereocenters. The highest BCUT2D eigenvalue weighted by Crippen LogP contribution is 2.49. The van der Waals surface area contributed by atoms with Crippen molar-refractivity contribution in [1.29, 1.82) is 0 Å². The lowest BCUT2D eigenvalue weighted by molar-refractivity contribution is -0.124. The van der Waals surface area contributed by atoms with Crippen LogP contribution in [-0.2, 0) is 11.2 Å². The molecule has 0 bridgehead atoms. The smallest absolute Gasteiger partial charge is 0.172 e. The van der Waals surface area contributed by atoms with Crippen LogP contribution < -0.4 is 0 Å². The summed E-state index contributed by atoms with van der Waals surface area (Å²) in [6, 6.07) is 12.0. The van der Waals surface area contributed by atoms with Crippen molar-refractivity contribution in [3.63, 3.8) is 0 Å². The number of allylic oxidation sites excluding steroid dienone is 2. The quantitative estimate of drug-likeness (QED) is 0.596. The highest BCUT2D eigenvalue weighted by atomic mass is 35.5. The lowest BCUT2D eigenvalue weighted by Crippen LogP contribution is -2.38. The molecule has 0 atom stereocenters. The Labute approximate surface area is 173 Å². The molecule has 3 rings (SSSR count). The van der Waals surface area contributed by atoms with E-state index in [-0.39, 0.29) is 11.5 Å². The molecule has 0 aliphatic heterocycles. The number of aliphatic hydroxyl groups is 1. The minimum atomic E-state index is -0.512. The van der Waals surface area contributed by atoms with E-state index in [2.05, 4.69) is 25.1 Å². The van der Waals surface area contributed by atoms with Crippen molar-refractivity contribution in [3.05, 3.63) is 63.9 Å². The van der Waals surface area contributed by atoms with Gasteiger partial charge in [0.05, 0.1) is 5.57 Å². The molecule has 148 valence electrons. The number of hydrogen-bond acceptors (Lipinski definition) is 2. The molecule has 0 amide bonds. The lowest BCUT2D eigenvalue weighted by Gasteiger charge is -2.40. The van der Waals surface area contributed by atoms with Crippen LogP contribution in [0.3, 0.4) is 0 Å². The standard InChI is InChI=1S/C25H29ClO2/c1-7-16-8-9-17(19-11-10-18(26)12-15(19)2)13-20(16)21-22(27)24(3,4)14-25(5,6)23(21)28/h8-13,27H,7,14H2,1-6H3. The molecule has 0 saturated heterocycles. The van der Waals surface area contributed by atoms with Gasteiger partial charge in [-0.2, -0.15) is 0 Å². The van der Waals surface area contributed by atoms with Crippen LogP contribution in [0.5, 0.6) is 0 Å². The summed E-state index contributed by atoms with van der Waals surface area (Å²) in [5.74, 6) is 0.223. The van der Waals surface area contributed by atoms with E-state index in [1.165, 1.54) is 0 Å². The van der Waals surface area contributed by atoms with Crippen molar-refractivity contribution in [2.75, 3.05) is 0 Å². The minimum Gasteiger partial charge on any atom is -0.511 e. The van der Waals surface area contributed by atoms with E-state index in [4.69, 9.17) is 11.6 Å². The molecular formula is C25H29ClO2. The number of carbonyl (C=O) groups excluding carboxylic acids is 1. The van der Waals surface area contributed by atoms with Crippen LogP contribution in [0.4, 0.5) is 0 Å². The Morgan fingerprint density at radius 1 is 1.00 bits per heavy atom. The lowest BCUT2D eigenvalue weighted by atomic mass is 9.63. The van der Waals surface area contributed by atoms with Gasteiger partial charge in [-0.25, -0.2) is 0 Å². The van der Waals surface area contributed by atoms with Gasteiger partial charge < -0.3 is 5.11 Å². The summed E-state index contributed by atoms with van der Waals surface area (Å²) >= 11 is 6.12. The molecule has 0 heterocycles. The molecule has 1 N–H and O–H groups in total. The Morgan fingerprint density at radius 3 is 2.29 bits per heavy atom. The van der Waals surface area contributed by atoms with Crippen molar-refractivity contribution in [3.8, 4) is 11.1 Å². The molecule has 2 aromatic rings. The molecule has 0 radical (unpaired) electrons. The summed E-state index contributed by atoms with van der Waals surface area (Å²) in [7, 11) is 0. The normalized spacial score (nSPS) is 18.5. The fourth-order valence-corrected chi connectivity index (χ4v) is 4.77. The second-order valence-corrected chi connectivity index (χ2v) is 9.62. The first-order valence-electron chi connectivity index (χ1n) is 9.86. The third-order valence-corrected chi connectivity index (χ3v) is 6.10. The van der Waals surface area contributed by atoms with Crippen molar-refractivity contribution >= 4 is 23.0 Å². The predicted octanol–water partition coefficient (Wildman–Crippen LogP) is 7.17. The largest absolute Gasteiger partial charge is 0.511 e. The Balaban J connectivity index is 2.27. The molecule has 1 aliphatic carbocycles.